The van der Waals surface area contributed by atoms with E-state index in [-0.39, 0.29) is 5.92 Å². The Balaban J connectivity index is 1.88. The lowest BCUT2D eigenvalue weighted by atomic mass is 9.65. The summed E-state index contributed by atoms with van der Waals surface area (Å²) in [6, 6.07) is 0. The van der Waals surface area contributed by atoms with Crippen molar-refractivity contribution in [2.45, 2.75) is 78.1 Å². The summed E-state index contributed by atoms with van der Waals surface area (Å²) in [5.74, 6) is 0.678. The summed E-state index contributed by atoms with van der Waals surface area (Å²) in [6.07, 6.45) is 12.4. The van der Waals surface area contributed by atoms with E-state index in [1.54, 1.807) is 0 Å². The van der Waals surface area contributed by atoms with E-state index in [9.17, 15) is 9.90 Å². The molecule has 0 aliphatic heterocycles. The summed E-state index contributed by atoms with van der Waals surface area (Å²) in [5.41, 5.74) is 0.350. The minimum Gasteiger partial charge on any atom is -0.481 e. The quantitative estimate of drug-likeness (QED) is 0.788. The van der Waals surface area contributed by atoms with E-state index in [4.69, 9.17) is 0 Å². The van der Waals surface area contributed by atoms with Gasteiger partial charge in [-0.05, 0) is 42.9 Å². The molecule has 0 aromatic carbocycles. The standard InChI is InChI=1S/C17H30O2/c1-17(2)11-10-15(16(18)19)14(12-17)9-8-13-6-4-3-5-7-13/h13-15H,3-12H2,1-2H3,(H,18,19). The number of hydrogen-bond donors (Lipinski definition) is 1. The van der Waals surface area contributed by atoms with E-state index in [0.29, 0.717) is 11.3 Å². The second kappa shape index (κ2) is 6.28. The van der Waals surface area contributed by atoms with E-state index in [1.165, 1.54) is 38.5 Å². The molecule has 2 fully saturated rings. The van der Waals surface area contributed by atoms with Crippen LogP contribution < -0.4 is 0 Å². The highest BCUT2D eigenvalue weighted by molar-refractivity contribution is 5.70. The Bertz CT molecular complexity index is 302. The fraction of sp³-hybridized carbons (Fsp3) is 0.941. The molecule has 0 amide bonds. The monoisotopic (exact) mass is 266 g/mol. The largest absolute Gasteiger partial charge is 0.481 e. The van der Waals surface area contributed by atoms with Gasteiger partial charge in [0.25, 0.3) is 0 Å². The Kier molecular flexibility index (Phi) is 4.92. The number of rotatable bonds is 4. The Labute approximate surface area is 118 Å². The van der Waals surface area contributed by atoms with Crippen LogP contribution in [-0.2, 0) is 4.79 Å². The van der Waals surface area contributed by atoms with Gasteiger partial charge in [-0.25, -0.2) is 0 Å². The van der Waals surface area contributed by atoms with Crippen LogP contribution in [0, 0.1) is 23.2 Å². The highest BCUT2D eigenvalue weighted by Gasteiger charge is 2.38. The molecule has 2 atom stereocenters. The van der Waals surface area contributed by atoms with Gasteiger partial charge in [0.05, 0.1) is 5.92 Å². The maximum atomic E-state index is 11.4. The summed E-state index contributed by atoms with van der Waals surface area (Å²) in [6.45, 7) is 4.61. The Morgan fingerprint density at radius 1 is 1.11 bits per heavy atom. The Morgan fingerprint density at radius 2 is 1.79 bits per heavy atom. The zero-order valence-electron chi connectivity index (χ0n) is 12.7. The molecule has 2 aliphatic carbocycles. The third-order valence-corrected chi connectivity index (χ3v) is 5.50. The molecule has 0 aromatic heterocycles. The summed E-state index contributed by atoms with van der Waals surface area (Å²) < 4.78 is 0. The molecule has 19 heavy (non-hydrogen) atoms. The van der Waals surface area contributed by atoms with Crippen LogP contribution in [0.4, 0.5) is 0 Å². The molecule has 0 bridgehead atoms. The fourth-order valence-corrected chi connectivity index (χ4v) is 4.29. The second-order valence-corrected chi connectivity index (χ2v) is 7.69. The van der Waals surface area contributed by atoms with Crippen LogP contribution in [0.25, 0.3) is 0 Å². The minimum absolute atomic E-state index is 0.0726. The van der Waals surface area contributed by atoms with Gasteiger partial charge in [0.15, 0.2) is 0 Å². The number of hydrogen-bond acceptors (Lipinski definition) is 1. The zero-order valence-corrected chi connectivity index (χ0v) is 12.7. The third-order valence-electron chi connectivity index (χ3n) is 5.50. The van der Waals surface area contributed by atoms with Gasteiger partial charge in [-0.3, -0.25) is 4.79 Å². The van der Waals surface area contributed by atoms with Gasteiger partial charge in [0.1, 0.15) is 0 Å². The van der Waals surface area contributed by atoms with Gasteiger partial charge in [-0.1, -0.05) is 52.4 Å². The van der Waals surface area contributed by atoms with Gasteiger partial charge < -0.3 is 5.11 Å². The molecule has 2 aliphatic rings. The van der Waals surface area contributed by atoms with Crippen LogP contribution in [0.1, 0.15) is 78.1 Å². The normalized spacial score (nSPS) is 32.1. The lowest BCUT2D eigenvalue weighted by molar-refractivity contribution is -0.146. The molecule has 2 nitrogen and oxygen atoms in total. The van der Waals surface area contributed by atoms with Gasteiger partial charge in [-0.15, -0.1) is 0 Å². The molecule has 2 unspecified atom stereocenters. The predicted molar refractivity (Wildman–Crippen MR) is 78.1 cm³/mol. The van der Waals surface area contributed by atoms with E-state index < -0.39 is 5.97 Å². The first-order valence-electron chi connectivity index (χ1n) is 8.21. The van der Waals surface area contributed by atoms with E-state index in [2.05, 4.69) is 13.8 Å². The smallest absolute Gasteiger partial charge is 0.306 e. The van der Waals surface area contributed by atoms with Crippen molar-refractivity contribution in [2.24, 2.45) is 23.2 Å². The molecule has 0 heterocycles. The van der Waals surface area contributed by atoms with Crippen molar-refractivity contribution in [3.05, 3.63) is 0 Å². The third kappa shape index (κ3) is 4.22. The molecule has 110 valence electrons. The van der Waals surface area contributed by atoms with Crippen molar-refractivity contribution in [3.63, 3.8) is 0 Å². The topological polar surface area (TPSA) is 37.3 Å². The van der Waals surface area contributed by atoms with Gasteiger partial charge >= 0.3 is 5.97 Å². The zero-order chi connectivity index (χ0) is 13.9. The van der Waals surface area contributed by atoms with Crippen LogP contribution in [0.2, 0.25) is 0 Å². The summed E-state index contributed by atoms with van der Waals surface area (Å²) in [7, 11) is 0. The molecular weight excluding hydrogens is 236 g/mol. The Morgan fingerprint density at radius 3 is 2.42 bits per heavy atom. The molecule has 2 heteroatoms. The lowest BCUT2D eigenvalue weighted by Gasteiger charge is -2.39. The van der Waals surface area contributed by atoms with E-state index in [1.807, 2.05) is 0 Å². The lowest BCUT2D eigenvalue weighted by Crippen LogP contribution is -2.34. The van der Waals surface area contributed by atoms with Crippen molar-refractivity contribution >= 4 is 5.97 Å². The number of carboxylic acid groups (broad SMARTS) is 1. The maximum Gasteiger partial charge on any atom is 0.306 e. The highest BCUT2D eigenvalue weighted by Crippen LogP contribution is 2.44. The molecule has 0 radical (unpaired) electrons. The molecule has 2 rings (SSSR count). The van der Waals surface area contributed by atoms with Crippen molar-refractivity contribution in [2.75, 3.05) is 0 Å². The van der Waals surface area contributed by atoms with E-state index >= 15 is 0 Å². The average molecular weight is 266 g/mol. The van der Waals surface area contributed by atoms with Gasteiger partial charge in [0.2, 0.25) is 0 Å². The van der Waals surface area contributed by atoms with Crippen molar-refractivity contribution in [1.29, 1.82) is 0 Å². The molecule has 0 aromatic rings. The average Bonchev–Trinajstić information content (AvgIpc) is 2.36. The fourth-order valence-electron chi connectivity index (χ4n) is 4.29. The summed E-state index contributed by atoms with van der Waals surface area (Å²) >= 11 is 0. The number of aliphatic carboxylic acids is 1. The number of carboxylic acids is 1. The van der Waals surface area contributed by atoms with Gasteiger partial charge in [-0.2, -0.15) is 0 Å². The number of carbonyl (C=O) groups is 1. The minimum atomic E-state index is -0.552. The first-order valence-corrected chi connectivity index (χ1v) is 8.21. The van der Waals surface area contributed by atoms with Crippen LogP contribution in [0.3, 0.4) is 0 Å². The summed E-state index contributed by atoms with van der Waals surface area (Å²) in [4.78, 5) is 11.4. The highest BCUT2D eigenvalue weighted by atomic mass is 16.4. The molecule has 1 N–H and O–H groups in total. The van der Waals surface area contributed by atoms with Crippen molar-refractivity contribution < 1.29 is 9.90 Å². The summed E-state index contributed by atoms with van der Waals surface area (Å²) in [5, 5.41) is 9.42. The molecule has 0 saturated heterocycles. The second-order valence-electron chi connectivity index (χ2n) is 7.69. The first kappa shape index (κ1) is 14.9. The molecule has 2 saturated carbocycles. The Hall–Kier alpha value is -0.530. The van der Waals surface area contributed by atoms with E-state index in [0.717, 1.165) is 31.6 Å². The molecular formula is C17H30O2. The maximum absolute atomic E-state index is 11.4. The van der Waals surface area contributed by atoms with Crippen LogP contribution in [-0.4, -0.2) is 11.1 Å². The molecule has 0 spiro atoms. The van der Waals surface area contributed by atoms with Crippen LogP contribution in [0.15, 0.2) is 0 Å². The van der Waals surface area contributed by atoms with Gasteiger partial charge in [0, 0.05) is 0 Å². The predicted octanol–water partition coefficient (Wildman–Crippen LogP) is 4.87. The first-order chi connectivity index (χ1) is 8.98. The van der Waals surface area contributed by atoms with Crippen molar-refractivity contribution in [1.82, 2.24) is 0 Å². The van der Waals surface area contributed by atoms with Crippen LogP contribution in [0.5, 0.6) is 0 Å². The van der Waals surface area contributed by atoms with Crippen LogP contribution >= 0.6 is 0 Å². The SMILES string of the molecule is CC1(C)CCC(C(=O)O)C(CCC2CCCCC2)C1. The van der Waals surface area contributed by atoms with Crippen molar-refractivity contribution in [3.8, 4) is 0 Å².